The molecule has 3 heteroatoms. The molecule has 1 N–H and O–H groups in total. The predicted molar refractivity (Wildman–Crippen MR) is 48.5 cm³/mol. The van der Waals surface area contributed by atoms with Crippen LogP contribution < -0.4 is 0 Å². The van der Waals surface area contributed by atoms with Gasteiger partial charge >= 0.3 is 0 Å². The quantitative estimate of drug-likeness (QED) is 0.668. The van der Waals surface area contributed by atoms with E-state index in [2.05, 4.69) is 20.8 Å². The Bertz CT molecular complexity index is 214. The molecule has 0 amide bonds. The minimum atomic E-state index is -0.0726. The molecule has 0 aromatic carbocycles. The summed E-state index contributed by atoms with van der Waals surface area (Å²) < 4.78 is 10.9. The number of epoxide rings is 2. The molecule has 0 saturated carbocycles. The number of ether oxygens (including phenoxy) is 2. The van der Waals surface area contributed by atoms with E-state index >= 15 is 0 Å². The molecule has 76 valence electrons. The lowest BCUT2D eigenvalue weighted by molar-refractivity contribution is 0.233. The zero-order chi connectivity index (χ0) is 9.69. The lowest BCUT2D eigenvalue weighted by atomic mass is 9.97. The Morgan fingerprint density at radius 1 is 1.15 bits per heavy atom. The van der Waals surface area contributed by atoms with Gasteiger partial charge in [0.15, 0.2) is 0 Å². The van der Waals surface area contributed by atoms with Crippen molar-refractivity contribution in [2.24, 2.45) is 0 Å². The summed E-state index contributed by atoms with van der Waals surface area (Å²) in [6.45, 7) is 6.42. The fourth-order valence-corrected chi connectivity index (χ4v) is 1.90. The van der Waals surface area contributed by atoms with Crippen LogP contribution in [0.2, 0.25) is 0 Å². The van der Waals surface area contributed by atoms with Crippen LogP contribution in [0.5, 0.6) is 0 Å². The van der Waals surface area contributed by atoms with Crippen molar-refractivity contribution in [3.63, 3.8) is 0 Å². The largest absolute Gasteiger partial charge is 0.394 e. The number of hydrogen-bond donors (Lipinski definition) is 1. The van der Waals surface area contributed by atoms with Crippen LogP contribution >= 0.6 is 0 Å². The highest BCUT2D eigenvalue weighted by molar-refractivity contribution is 5.02. The van der Waals surface area contributed by atoms with E-state index in [1.165, 1.54) is 0 Å². The molecular formula is C10H18O3. The number of aliphatic hydroxyl groups is 1. The molecule has 0 bridgehead atoms. The normalized spacial score (nSPS) is 46.2. The molecule has 13 heavy (non-hydrogen) atoms. The van der Waals surface area contributed by atoms with Crippen LogP contribution in [-0.4, -0.2) is 35.1 Å². The zero-order valence-corrected chi connectivity index (χ0v) is 8.54. The summed E-state index contributed by atoms with van der Waals surface area (Å²) in [5.74, 6) is 0. The molecule has 2 aliphatic rings. The van der Waals surface area contributed by atoms with Gasteiger partial charge in [0.05, 0.1) is 23.9 Å². The van der Waals surface area contributed by atoms with Gasteiger partial charge < -0.3 is 14.6 Å². The summed E-state index contributed by atoms with van der Waals surface area (Å²) >= 11 is 0. The van der Waals surface area contributed by atoms with E-state index in [9.17, 15) is 0 Å². The van der Waals surface area contributed by atoms with E-state index in [1.54, 1.807) is 0 Å². The third-order valence-electron chi connectivity index (χ3n) is 3.27. The highest BCUT2D eigenvalue weighted by atomic mass is 16.6. The third-order valence-corrected chi connectivity index (χ3v) is 3.27. The molecule has 2 fully saturated rings. The Labute approximate surface area is 79.0 Å². The first-order valence-electron chi connectivity index (χ1n) is 4.94. The monoisotopic (exact) mass is 186 g/mol. The Morgan fingerprint density at radius 2 is 1.77 bits per heavy atom. The van der Waals surface area contributed by atoms with Crippen LogP contribution in [0, 0.1) is 0 Å². The second-order valence-electron chi connectivity index (χ2n) is 4.85. The maximum Gasteiger partial charge on any atom is 0.110 e. The van der Waals surface area contributed by atoms with E-state index in [-0.39, 0.29) is 23.9 Å². The molecule has 2 rings (SSSR count). The van der Waals surface area contributed by atoms with Crippen molar-refractivity contribution in [2.75, 3.05) is 6.61 Å². The zero-order valence-electron chi connectivity index (χ0n) is 8.54. The Kier molecular flexibility index (Phi) is 1.95. The molecule has 3 nitrogen and oxygen atoms in total. The molecule has 2 heterocycles. The summed E-state index contributed by atoms with van der Waals surface area (Å²) in [7, 11) is 0. The fourth-order valence-electron chi connectivity index (χ4n) is 1.90. The molecule has 2 saturated heterocycles. The van der Waals surface area contributed by atoms with Crippen molar-refractivity contribution in [2.45, 2.75) is 57.0 Å². The maximum atomic E-state index is 8.87. The number of aliphatic hydroxyl groups excluding tert-OH is 1. The lowest BCUT2D eigenvalue weighted by Gasteiger charge is -2.03. The number of hydrogen-bond acceptors (Lipinski definition) is 3. The minimum Gasteiger partial charge on any atom is -0.394 e. The standard InChI is InChI=1S/C10H18O3/c1-9(2)7(12-9)4-5-10(3)8(6-11)13-10/h7-8,11H,4-6H2,1-3H3/t7-,8+,10-/m0/s1. The van der Waals surface area contributed by atoms with Gasteiger partial charge in [-0.25, -0.2) is 0 Å². The SMILES string of the molecule is CC1(C)O[C@H]1CC[C@]1(C)O[C@@H]1CO. The topological polar surface area (TPSA) is 45.3 Å². The molecule has 0 aromatic rings. The average Bonchev–Trinajstić information content (AvgIpc) is 2.87. The smallest absolute Gasteiger partial charge is 0.110 e. The molecule has 3 atom stereocenters. The summed E-state index contributed by atoms with van der Waals surface area (Å²) in [6, 6.07) is 0. The first-order valence-corrected chi connectivity index (χ1v) is 4.94. The van der Waals surface area contributed by atoms with Gasteiger partial charge in [0, 0.05) is 0 Å². The van der Waals surface area contributed by atoms with Crippen molar-refractivity contribution in [3.05, 3.63) is 0 Å². The van der Waals surface area contributed by atoms with E-state index in [0.29, 0.717) is 6.10 Å². The van der Waals surface area contributed by atoms with Crippen LogP contribution in [-0.2, 0) is 9.47 Å². The summed E-state index contributed by atoms with van der Waals surface area (Å²) in [6.07, 6.45) is 2.49. The van der Waals surface area contributed by atoms with Gasteiger partial charge in [-0.2, -0.15) is 0 Å². The highest BCUT2D eigenvalue weighted by Gasteiger charge is 2.54. The molecule has 0 aliphatic carbocycles. The van der Waals surface area contributed by atoms with E-state index < -0.39 is 0 Å². The lowest BCUT2D eigenvalue weighted by Crippen LogP contribution is -2.14. The summed E-state index contributed by atoms with van der Waals surface area (Å²) in [4.78, 5) is 0. The van der Waals surface area contributed by atoms with Crippen molar-refractivity contribution >= 4 is 0 Å². The van der Waals surface area contributed by atoms with Gasteiger partial charge in [0.1, 0.15) is 6.10 Å². The van der Waals surface area contributed by atoms with Crippen LogP contribution in [0.15, 0.2) is 0 Å². The van der Waals surface area contributed by atoms with Gasteiger partial charge in [0.2, 0.25) is 0 Å². The van der Waals surface area contributed by atoms with Gasteiger partial charge in [-0.3, -0.25) is 0 Å². The van der Waals surface area contributed by atoms with Crippen molar-refractivity contribution in [1.82, 2.24) is 0 Å². The van der Waals surface area contributed by atoms with E-state index in [1.807, 2.05) is 0 Å². The van der Waals surface area contributed by atoms with Crippen LogP contribution in [0.25, 0.3) is 0 Å². The van der Waals surface area contributed by atoms with Gasteiger partial charge in [-0.15, -0.1) is 0 Å². The van der Waals surface area contributed by atoms with E-state index in [4.69, 9.17) is 14.6 Å². The van der Waals surface area contributed by atoms with Crippen LogP contribution in [0.4, 0.5) is 0 Å². The van der Waals surface area contributed by atoms with Crippen LogP contribution in [0.1, 0.15) is 33.6 Å². The fraction of sp³-hybridized carbons (Fsp3) is 1.00. The number of rotatable bonds is 4. The molecule has 0 radical (unpaired) electrons. The molecular weight excluding hydrogens is 168 g/mol. The van der Waals surface area contributed by atoms with Crippen LogP contribution in [0.3, 0.4) is 0 Å². The second kappa shape index (κ2) is 2.69. The van der Waals surface area contributed by atoms with Crippen molar-refractivity contribution in [1.29, 1.82) is 0 Å². The Morgan fingerprint density at radius 3 is 2.15 bits per heavy atom. The van der Waals surface area contributed by atoms with Gasteiger partial charge in [0.25, 0.3) is 0 Å². The van der Waals surface area contributed by atoms with Crippen molar-refractivity contribution < 1.29 is 14.6 Å². The van der Waals surface area contributed by atoms with Gasteiger partial charge in [-0.05, 0) is 33.6 Å². The first-order chi connectivity index (χ1) is 5.98. The Balaban J connectivity index is 1.70. The van der Waals surface area contributed by atoms with E-state index in [0.717, 1.165) is 12.8 Å². The molecule has 0 unspecified atom stereocenters. The Hall–Kier alpha value is -0.120. The van der Waals surface area contributed by atoms with Gasteiger partial charge in [-0.1, -0.05) is 0 Å². The summed E-state index contributed by atoms with van der Waals surface area (Å²) in [5.41, 5.74) is 0.0107. The average molecular weight is 186 g/mol. The first kappa shape index (κ1) is 9.44. The summed E-state index contributed by atoms with van der Waals surface area (Å²) in [5, 5.41) is 8.87. The molecule has 0 spiro atoms. The van der Waals surface area contributed by atoms with Crippen molar-refractivity contribution in [3.8, 4) is 0 Å². The third kappa shape index (κ3) is 1.73. The minimum absolute atomic E-state index is 0.0642. The molecule has 0 aromatic heterocycles. The predicted octanol–water partition coefficient (Wildman–Crippen LogP) is 1.09. The highest BCUT2D eigenvalue weighted by Crippen LogP contribution is 2.45. The molecule has 2 aliphatic heterocycles. The second-order valence-corrected chi connectivity index (χ2v) is 4.85. The maximum absolute atomic E-state index is 8.87.